The minimum atomic E-state index is -0.0651. The average Bonchev–Trinajstić information content (AvgIpc) is 3.14. The topological polar surface area (TPSA) is 51.2 Å². The standard InChI is InChI=1S/C24H38N2O2S2/c1-4-7-9-10-11-12-14-21(23(27)25-17-13-8-5-2)29-24-26-20-16-15-19(28-6-3)18-22(20)30-24/h15-16,18,21H,4-14,17H2,1-3H3,(H,25,27). The third-order valence-electron chi connectivity index (χ3n) is 5.09. The maximum atomic E-state index is 12.9. The van der Waals surface area contributed by atoms with E-state index < -0.39 is 0 Å². The van der Waals surface area contributed by atoms with Crippen molar-refractivity contribution in [3.63, 3.8) is 0 Å². The van der Waals surface area contributed by atoms with Crippen LogP contribution in [0.2, 0.25) is 0 Å². The van der Waals surface area contributed by atoms with Gasteiger partial charge in [-0.1, -0.05) is 77.0 Å². The molecular formula is C24H38N2O2S2. The fourth-order valence-electron chi connectivity index (χ4n) is 3.37. The summed E-state index contributed by atoms with van der Waals surface area (Å²) in [5.74, 6) is 1.04. The largest absolute Gasteiger partial charge is 0.494 e. The molecule has 1 heterocycles. The fourth-order valence-corrected chi connectivity index (χ4v) is 5.77. The highest BCUT2D eigenvalue weighted by atomic mass is 32.2. The van der Waals surface area contributed by atoms with E-state index in [0.717, 1.165) is 52.5 Å². The predicted octanol–water partition coefficient (Wildman–Crippen LogP) is 7.21. The van der Waals surface area contributed by atoms with Gasteiger partial charge in [0, 0.05) is 6.54 Å². The summed E-state index contributed by atoms with van der Waals surface area (Å²) in [5.41, 5.74) is 0.979. The molecule has 0 saturated heterocycles. The number of nitrogens with zero attached hydrogens (tertiary/aromatic N) is 1. The van der Waals surface area contributed by atoms with E-state index in [1.165, 1.54) is 38.5 Å². The highest BCUT2D eigenvalue weighted by molar-refractivity contribution is 8.02. The zero-order chi connectivity index (χ0) is 21.6. The Bertz CT molecular complexity index is 748. The summed E-state index contributed by atoms with van der Waals surface area (Å²) in [6.45, 7) is 7.85. The molecule has 0 bridgehead atoms. The van der Waals surface area contributed by atoms with Crippen LogP contribution in [0.15, 0.2) is 22.5 Å². The molecule has 168 valence electrons. The highest BCUT2D eigenvalue weighted by Gasteiger charge is 2.21. The van der Waals surface area contributed by atoms with Crippen molar-refractivity contribution in [1.82, 2.24) is 10.3 Å². The molecule has 4 nitrogen and oxygen atoms in total. The first-order valence-electron chi connectivity index (χ1n) is 11.7. The Labute approximate surface area is 190 Å². The third kappa shape index (κ3) is 8.84. The third-order valence-corrected chi connectivity index (χ3v) is 7.46. The maximum Gasteiger partial charge on any atom is 0.233 e. The SMILES string of the molecule is CCCCCCCCC(Sc1nc2ccc(OCC)cc2s1)C(=O)NCCCCC. The number of hydrogen-bond acceptors (Lipinski definition) is 5. The molecule has 1 aromatic heterocycles. The summed E-state index contributed by atoms with van der Waals surface area (Å²) < 4.78 is 7.69. The molecule has 0 spiro atoms. The molecule has 1 N–H and O–H groups in total. The molecule has 1 unspecified atom stereocenters. The van der Waals surface area contributed by atoms with E-state index in [0.29, 0.717) is 6.61 Å². The van der Waals surface area contributed by atoms with E-state index in [1.807, 2.05) is 25.1 Å². The zero-order valence-corrected chi connectivity index (χ0v) is 20.5. The number of thioether (sulfide) groups is 1. The number of thiazole rings is 1. The first-order chi connectivity index (χ1) is 14.7. The number of aromatic nitrogens is 1. The van der Waals surface area contributed by atoms with Crippen molar-refractivity contribution in [2.75, 3.05) is 13.2 Å². The van der Waals surface area contributed by atoms with Gasteiger partial charge in [0.2, 0.25) is 5.91 Å². The monoisotopic (exact) mass is 450 g/mol. The van der Waals surface area contributed by atoms with Crippen LogP contribution in [0.25, 0.3) is 10.2 Å². The number of benzene rings is 1. The highest BCUT2D eigenvalue weighted by Crippen LogP contribution is 2.35. The van der Waals surface area contributed by atoms with E-state index in [-0.39, 0.29) is 11.2 Å². The van der Waals surface area contributed by atoms with Crippen molar-refractivity contribution in [2.45, 2.75) is 94.6 Å². The van der Waals surface area contributed by atoms with Crippen LogP contribution in [0.5, 0.6) is 5.75 Å². The van der Waals surface area contributed by atoms with Crippen molar-refractivity contribution in [3.05, 3.63) is 18.2 Å². The van der Waals surface area contributed by atoms with Crippen LogP contribution in [-0.4, -0.2) is 29.3 Å². The van der Waals surface area contributed by atoms with Crippen molar-refractivity contribution >= 4 is 39.2 Å². The Morgan fingerprint density at radius 3 is 2.57 bits per heavy atom. The average molecular weight is 451 g/mol. The molecule has 0 aliphatic carbocycles. The molecule has 2 aromatic rings. The Morgan fingerprint density at radius 2 is 1.80 bits per heavy atom. The van der Waals surface area contributed by atoms with Gasteiger partial charge in [0.15, 0.2) is 4.34 Å². The van der Waals surface area contributed by atoms with Crippen molar-refractivity contribution in [1.29, 1.82) is 0 Å². The van der Waals surface area contributed by atoms with Crippen molar-refractivity contribution < 1.29 is 9.53 Å². The van der Waals surface area contributed by atoms with E-state index in [1.54, 1.807) is 23.1 Å². The van der Waals surface area contributed by atoms with Crippen LogP contribution in [0.1, 0.15) is 85.0 Å². The van der Waals surface area contributed by atoms with Crippen LogP contribution in [0, 0.1) is 0 Å². The van der Waals surface area contributed by atoms with Crippen LogP contribution >= 0.6 is 23.1 Å². The van der Waals surface area contributed by atoms with Crippen molar-refractivity contribution in [3.8, 4) is 5.75 Å². The number of ether oxygens (including phenoxy) is 1. The van der Waals surface area contributed by atoms with E-state index in [9.17, 15) is 4.79 Å². The van der Waals surface area contributed by atoms with Crippen LogP contribution in [-0.2, 0) is 4.79 Å². The minimum Gasteiger partial charge on any atom is -0.494 e. The summed E-state index contributed by atoms with van der Waals surface area (Å²) in [6.07, 6.45) is 11.8. The number of carbonyl (C=O) groups excluding carboxylic acids is 1. The summed E-state index contributed by atoms with van der Waals surface area (Å²) in [4.78, 5) is 17.6. The maximum absolute atomic E-state index is 12.9. The van der Waals surface area contributed by atoms with Crippen molar-refractivity contribution in [2.24, 2.45) is 0 Å². The van der Waals surface area contributed by atoms with Gasteiger partial charge >= 0.3 is 0 Å². The molecule has 0 fully saturated rings. The quantitative estimate of drug-likeness (QED) is 0.217. The van der Waals surface area contributed by atoms with Crippen LogP contribution < -0.4 is 10.1 Å². The molecule has 6 heteroatoms. The first-order valence-corrected chi connectivity index (χ1v) is 13.3. The van der Waals surface area contributed by atoms with Gasteiger partial charge < -0.3 is 10.1 Å². The number of hydrogen-bond donors (Lipinski definition) is 1. The Hall–Kier alpha value is -1.27. The summed E-state index contributed by atoms with van der Waals surface area (Å²) in [6, 6.07) is 6.02. The summed E-state index contributed by atoms with van der Waals surface area (Å²) in [5, 5.41) is 3.09. The number of fused-ring (bicyclic) bond motifs is 1. The van der Waals surface area contributed by atoms with Gasteiger partial charge in [-0.2, -0.15) is 0 Å². The lowest BCUT2D eigenvalue weighted by molar-refractivity contribution is -0.120. The van der Waals surface area contributed by atoms with E-state index in [4.69, 9.17) is 9.72 Å². The molecule has 1 amide bonds. The fraction of sp³-hybridized carbons (Fsp3) is 0.667. The molecule has 0 saturated carbocycles. The Kier molecular flexibility index (Phi) is 12.2. The van der Waals surface area contributed by atoms with Gasteiger partial charge in [0.1, 0.15) is 5.75 Å². The number of unbranched alkanes of at least 4 members (excludes halogenated alkanes) is 7. The zero-order valence-electron chi connectivity index (χ0n) is 18.9. The smallest absolute Gasteiger partial charge is 0.233 e. The van der Waals surface area contributed by atoms with E-state index in [2.05, 4.69) is 19.2 Å². The Morgan fingerprint density at radius 1 is 1.07 bits per heavy atom. The minimum absolute atomic E-state index is 0.0651. The van der Waals surface area contributed by atoms with Gasteiger partial charge in [-0.05, 0) is 38.0 Å². The number of amides is 1. The van der Waals surface area contributed by atoms with Gasteiger partial charge in [-0.3, -0.25) is 4.79 Å². The molecule has 0 aliphatic rings. The second-order valence-electron chi connectivity index (χ2n) is 7.70. The lowest BCUT2D eigenvalue weighted by atomic mass is 10.1. The normalized spacial score (nSPS) is 12.2. The number of nitrogens with one attached hydrogen (secondary N) is 1. The number of rotatable bonds is 16. The van der Waals surface area contributed by atoms with Crippen LogP contribution in [0.3, 0.4) is 0 Å². The van der Waals surface area contributed by atoms with Gasteiger partial charge in [0.05, 0.1) is 22.1 Å². The molecular weight excluding hydrogens is 412 g/mol. The molecule has 1 aromatic carbocycles. The summed E-state index contributed by atoms with van der Waals surface area (Å²) in [7, 11) is 0. The molecule has 2 rings (SSSR count). The second kappa shape index (κ2) is 14.7. The molecule has 0 radical (unpaired) electrons. The van der Waals surface area contributed by atoms with Crippen LogP contribution in [0.4, 0.5) is 0 Å². The second-order valence-corrected chi connectivity index (χ2v) is 10.2. The van der Waals surface area contributed by atoms with Gasteiger partial charge in [-0.25, -0.2) is 4.98 Å². The predicted molar refractivity (Wildman–Crippen MR) is 131 cm³/mol. The van der Waals surface area contributed by atoms with Gasteiger partial charge in [-0.15, -0.1) is 11.3 Å². The molecule has 30 heavy (non-hydrogen) atoms. The Balaban J connectivity index is 1.97. The lowest BCUT2D eigenvalue weighted by Gasteiger charge is -2.15. The first kappa shape index (κ1) is 25.0. The lowest BCUT2D eigenvalue weighted by Crippen LogP contribution is -2.33. The molecule has 0 aliphatic heterocycles. The van der Waals surface area contributed by atoms with Gasteiger partial charge in [0.25, 0.3) is 0 Å². The molecule has 1 atom stereocenters. The number of carbonyl (C=O) groups is 1. The van der Waals surface area contributed by atoms with E-state index >= 15 is 0 Å². The summed E-state index contributed by atoms with van der Waals surface area (Å²) >= 11 is 3.29.